The molecule has 0 N–H and O–H groups in total. The highest BCUT2D eigenvalue weighted by atomic mass is 16.5. The molecular formula is C18H17NO3. The zero-order valence-electron chi connectivity index (χ0n) is 12.4. The van der Waals surface area contributed by atoms with Gasteiger partial charge in [-0.15, -0.1) is 0 Å². The van der Waals surface area contributed by atoms with Gasteiger partial charge in [0.15, 0.2) is 0 Å². The second kappa shape index (κ2) is 7.84. The average molecular weight is 295 g/mol. The maximum atomic E-state index is 11.8. The first-order chi connectivity index (χ1) is 10.7. The molecule has 0 saturated carbocycles. The van der Waals surface area contributed by atoms with Crippen molar-refractivity contribution in [2.24, 2.45) is 0 Å². The van der Waals surface area contributed by atoms with Crippen LogP contribution in [0.5, 0.6) is 5.75 Å². The molecule has 0 aromatic heterocycles. The van der Waals surface area contributed by atoms with Gasteiger partial charge in [0, 0.05) is 6.42 Å². The van der Waals surface area contributed by atoms with Crippen LogP contribution in [0.15, 0.2) is 48.5 Å². The summed E-state index contributed by atoms with van der Waals surface area (Å²) < 4.78 is 10.3. The van der Waals surface area contributed by atoms with Crippen LogP contribution in [-0.2, 0) is 22.6 Å². The standard InChI is InChI=1S/C18H17NO3/c1-21-17-8-5-14(6-9-17)7-10-18(20)22-13-16-4-2-3-15(11-16)12-19/h2-6,8-9,11H,7,10,13H2,1H3. The molecule has 112 valence electrons. The minimum Gasteiger partial charge on any atom is -0.497 e. The zero-order valence-corrected chi connectivity index (χ0v) is 12.4. The van der Waals surface area contributed by atoms with Gasteiger partial charge in [0.2, 0.25) is 0 Å². The highest BCUT2D eigenvalue weighted by Crippen LogP contribution is 2.13. The molecule has 0 radical (unpaired) electrons. The number of hydrogen-bond acceptors (Lipinski definition) is 4. The molecule has 0 aliphatic heterocycles. The molecule has 2 rings (SSSR count). The van der Waals surface area contributed by atoms with E-state index in [1.54, 1.807) is 25.3 Å². The van der Waals surface area contributed by atoms with Crippen LogP contribution in [-0.4, -0.2) is 13.1 Å². The van der Waals surface area contributed by atoms with Crippen LogP contribution in [0, 0.1) is 11.3 Å². The fourth-order valence-corrected chi connectivity index (χ4v) is 2.01. The molecule has 0 aliphatic rings. The first kappa shape index (κ1) is 15.6. The lowest BCUT2D eigenvalue weighted by Gasteiger charge is -2.06. The Kier molecular flexibility index (Phi) is 5.56. The number of nitrogens with zero attached hydrogens (tertiary/aromatic N) is 1. The number of hydrogen-bond donors (Lipinski definition) is 0. The van der Waals surface area contributed by atoms with E-state index in [1.165, 1.54) is 0 Å². The summed E-state index contributed by atoms with van der Waals surface area (Å²) in [5.41, 5.74) is 2.44. The van der Waals surface area contributed by atoms with Gasteiger partial charge in [-0.3, -0.25) is 4.79 Å². The van der Waals surface area contributed by atoms with Crippen molar-refractivity contribution in [1.29, 1.82) is 5.26 Å². The first-order valence-electron chi connectivity index (χ1n) is 6.99. The first-order valence-corrected chi connectivity index (χ1v) is 6.99. The van der Waals surface area contributed by atoms with Gasteiger partial charge in [-0.1, -0.05) is 24.3 Å². The lowest BCUT2D eigenvalue weighted by molar-refractivity contribution is -0.144. The molecule has 0 atom stereocenters. The van der Waals surface area contributed by atoms with E-state index >= 15 is 0 Å². The molecule has 0 aliphatic carbocycles. The van der Waals surface area contributed by atoms with Gasteiger partial charge in [0.05, 0.1) is 18.7 Å². The van der Waals surface area contributed by atoms with E-state index in [2.05, 4.69) is 6.07 Å². The molecule has 22 heavy (non-hydrogen) atoms. The molecular weight excluding hydrogens is 278 g/mol. The Morgan fingerprint density at radius 2 is 1.91 bits per heavy atom. The fraction of sp³-hybridized carbons (Fsp3) is 0.222. The topological polar surface area (TPSA) is 59.3 Å². The Morgan fingerprint density at radius 3 is 2.59 bits per heavy atom. The SMILES string of the molecule is COc1ccc(CCC(=O)OCc2cccc(C#N)c2)cc1. The van der Waals surface area contributed by atoms with Crippen LogP contribution in [0.3, 0.4) is 0 Å². The van der Waals surface area contributed by atoms with Crippen molar-refractivity contribution < 1.29 is 14.3 Å². The van der Waals surface area contributed by atoms with E-state index in [0.29, 0.717) is 18.4 Å². The van der Waals surface area contributed by atoms with E-state index in [1.807, 2.05) is 30.3 Å². The maximum Gasteiger partial charge on any atom is 0.306 e. The largest absolute Gasteiger partial charge is 0.497 e. The monoisotopic (exact) mass is 295 g/mol. The summed E-state index contributed by atoms with van der Waals surface area (Å²) >= 11 is 0. The average Bonchev–Trinajstić information content (AvgIpc) is 2.58. The Morgan fingerprint density at radius 1 is 1.14 bits per heavy atom. The fourth-order valence-electron chi connectivity index (χ4n) is 2.01. The minimum atomic E-state index is -0.252. The Hall–Kier alpha value is -2.80. The van der Waals surface area contributed by atoms with Crippen LogP contribution < -0.4 is 4.74 Å². The normalized spacial score (nSPS) is 9.82. The molecule has 2 aromatic carbocycles. The molecule has 0 bridgehead atoms. The summed E-state index contributed by atoms with van der Waals surface area (Å²) in [5.74, 6) is 0.543. The Balaban J connectivity index is 1.79. The van der Waals surface area contributed by atoms with E-state index < -0.39 is 0 Å². The van der Waals surface area contributed by atoms with Gasteiger partial charge in [-0.25, -0.2) is 0 Å². The number of carbonyl (C=O) groups is 1. The molecule has 0 unspecified atom stereocenters. The quantitative estimate of drug-likeness (QED) is 0.768. The third kappa shape index (κ3) is 4.64. The summed E-state index contributed by atoms with van der Waals surface area (Å²) in [4.78, 5) is 11.8. The summed E-state index contributed by atoms with van der Waals surface area (Å²) in [6.07, 6.45) is 0.950. The van der Waals surface area contributed by atoms with Gasteiger partial charge in [-0.2, -0.15) is 5.26 Å². The lowest BCUT2D eigenvalue weighted by atomic mass is 10.1. The highest BCUT2D eigenvalue weighted by Gasteiger charge is 2.05. The number of carbonyl (C=O) groups excluding carboxylic acids is 1. The molecule has 0 spiro atoms. The summed E-state index contributed by atoms with van der Waals surface area (Å²) in [5, 5.41) is 8.82. The third-order valence-corrected chi connectivity index (χ3v) is 3.23. The number of benzene rings is 2. The Bertz CT molecular complexity index is 671. The Labute approximate surface area is 129 Å². The van der Waals surface area contributed by atoms with Gasteiger partial charge in [0.25, 0.3) is 0 Å². The minimum absolute atomic E-state index is 0.191. The highest BCUT2D eigenvalue weighted by molar-refractivity contribution is 5.69. The number of methoxy groups -OCH3 is 1. The summed E-state index contributed by atoms with van der Waals surface area (Å²) in [6.45, 7) is 0.191. The maximum absolute atomic E-state index is 11.8. The van der Waals surface area contributed by atoms with Gasteiger partial charge >= 0.3 is 5.97 Å². The summed E-state index contributed by atoms with van der Waals surface area (Å²) in [7, 11) is 1.62. The van der Waals surface area contributed by atoms with Gasteiger partial charge in [0.1, 0.15) is 12.4 Å². The van der Waals surface area contributed by atoms with Crippen molar-refractivity contribution in [1.82, 2.24) is 0 Å². The van der Waals surface area contributed by atoms with Crippen LogP contribution in [0.1, 0.15) is 23.1 Å². The number of rotatable bonds is 6. The molecule has 0 fully saturated rings. The van der Waals surface area contributed by atoms with Crippen LogP contribution >= 0.6 is 0 Å². The zero-order chi connectivity index (χ0) is 15.8. The van der Waals surface area contributed by atoms with E-state index in [0.717, 1.165) is 16.9 Å². The number of esters is 1. The smallest absolute Gasteiger partial charge is 0.306 e. The number of ether oxygens (including phenoxy) is 2. The molecule has 0 saturated heterocycles. The lowest BCUT2D eigenvalue weighted by Crippen LogP contribution is -2.06. The molecule has 2 aromatic rings. The van der Waals surface area contributed by atoms with Gasteiger partial charge in [-0.05, 0) is 41.8 Å². The third-order valence-electron chi connectivity index (χ3n) is 3.23. The van der Waals surface area contributed by atoms with Crippen molar-refractivity contribution in [2.75, 3.05) is 7.11 Å². The van der Waals surface area contributed by atoms with Crippen LogP contribution in [0.4, 0.5) is 0 Å². The van der Waals surface area contributed by atoms with Crippen molar-refractivity contribution >= 4 is 5.97 Å². The molecule has 0 heterocycles. The number of aryl methyl sites for hydroxylation is 1. The van der Waals surface area contributed by atoms with Crippen molar-refractivity contribution in [2.45, 2.75) is 19.4 Å². The predicted octanol–water partition coefficient (Wildman–Crippen LogP) is 3.24. The van der Waals surface area contributed by atoms with Crippen molar-refractivity contribution in [3.8, 4) is 11.8 Å². The van der Waals surface area contributed by atoms with Crippen LogP contribution in [0.25, 0.3) is 0 Å². The van der Waals surface area contributed by atoms with Crippen molar-refractivity contribution in [3.05, 3.63) is 65.2 Å². The van der Waals surface area contributed by atoms with Crippen molar-refractivity contribution in [3.63, 3.8) is 0 Å². The van der Waals surface area contributed by atoms with E-state index in [-0.39, 0.29) is 12.6 Å². The number of nitriles is 1. The predicted molar refractivity (Wildman–Crippen MR) is 82.3 cm³/mol. The molecule has 4 heteroatoms. The second-order valence-electron chi connectivity index (χ2n) is 4.82. The molecule has 4 nitrogen and oxygen atoms in total. The summed E-state index contributed by atoms with van der Waals surface area (Å²) in [6, 6.07) is 16.7. The van der Waals surface area contributed by atoms with Crippen LogP contribution in [0.2, 0.25) is 0 Å². The van der Waals surface area contributed by atoms with E-state index in [4.69, 9.17) is 14.7 Å². The molecule has 0 amide bonds. The van der Waals surface area contributed by atoms with E-state index in [9.17, 15) is 4.79 Å². The second-order valence-corrected chi connectivity index (χ2v) is 4.82. The van der Waals surface area contributed by atoms with Gasteiger partial charge < -0.3 is 9.47 Å².